The molecular weight excluding hydrogens is 418 g/mol. The van der Waals surface area contributed by atoms with Crippen LogP contribution in [0.15, 0.2) is 53.0 Å². The number of benzene rings is 2. The van der Waals surface area contributed by atoms with Crippen LogP contribution < -0.4 is 10.1 Å². The first-order valence-electron chi connectivity index (χ1n) is 7.95. The monoisotopic (exact) mass is 433 g/mol. The average molecular weight is 435 g/mol. The number of nitrogens with one attached hydrogen (secondary N) is 1. The Labute approximate surface area is 165 Å². The van der Waals surface area contributed by atoms with Crippen LogP contribution in [0, 0.1) is 13.8 Å². The minimum atomic E-state index is -0.259. The zero-order valence-electron chi connectivity index (χ0n) is 14.3. The summed E-state index contributed by atoms with van der Waals surface area (Å²) in [5, 5.41) is 7.99. The van der Waals surface area contributed by atoms with Crippen molar-refractivity contribution in [2.24, 2.45) is 0 Å². The van der Waals surface area contributed by atoms with Gasteiger partial charge in [0, 0.05) is 5.02 Å². The van der Waals surface area contributed by atoms with Gasteiger partial charge in [0.2, 0.25) is 0 Å². The van der Waals surface area contributed by atoms with Crippen molar-refractivity contribution in [1.29, 1.82) is 0 Å². The number of hydrogen-bond donors (Lipinski definition) is 1. The van der Waals surface area contributed by atoms with Gasteiger partial charge >= 0.3 is 0 Å². The largest absolute Gasteiger partial charge is 0.483 e. The van der Waals surface area contributed by atoms with Crippen molar-refractivity contribution in [3.63, 3.8) is 0 Å². The lowest BCUT2D eigenvalue weighted by Crippen LogP contribution is -2.21. The number of aryl methyl sites for hydroxylation is 1. The predicted molar refractivity (Wildman–Crippen MR) is 106 cm³/mol. The molecule has 0 fully saturated rings. The Morgan fingerprint density at radius 1 is 1.23 bits per heavy atom. The van der Waals surface area contributed by atoms with Crippen LogP contribution in [0.2, 0.25) is 5.02 Å². The van der Waals surface area contributed by atoms with Crippen molar-refractivity contribution in [3.8, 4) is 11.4 Å². The molecule has 0 unspecified atom stereocenters. The summed E-state index contributed by atoms with van der Waals surface area (Å²) in [6, 6.07) is 14.9. The zero-order valence-corrected chi connectivity index (χ0v) is 16.6. The van der Waals surface area contributed by atoms with Gasteiger partial charge in [0.15, 0.2) is 6.61 Å². The summed E-state index contributed by atoms with van der Waals surface area (Å²) in [6.45, 7) is 3.66. The lowest BCUT2D eigenvalue weighted by molar-refractivity contribution is -0.118. The van der Waals surface area contributed by atoms with E-state index in [0.29, 0.717) is 20.9 Å². The second-order valence-electron chi connectivity index (χ2n) is 5.70. The molecule has 0 radical (unpaired) electrons. The fourth-order valence-electron chi connectivity index (χ4n) is 2.56. The highest BCUT2D eigenvalue weighted by atomic mass is 79.9. The maximum Gasteiger partial charge on any atom is 0.262 e. The van der Waals surface area contributed by atoms with Crippen LogP contribution in [0.3, 0.4) is 0 Å². The van der Waals surface area contributed by atoms with Crippen LogP contribution in [0.4, 0.5) is 5.69 Å². The van der Waals surface area contributed by atoms with E-state index in [2.05, 4.69) is 26.3 Å². The normalized spacial score (nSPS) is 10.6. The summed E-state index contributed by atoms with van der Waals surface area (Å²) >= 11 is 9.26. The summed E-state index contributed by atoms with van der Waals surface area (Å²) in [4.78, 5) is 12.3. The van der Waals surface area contributed by atoms with E-state index in [1.807, 2.05) is 48.9 Å². The molecule has 3 aromatic rings. The van der Waals surface area contributed by atoms with Crippen molar-refractivity contribution >= 4 is 39.1 Å². The van der Waals surface area contributed by atoms with E-state index in [-0.39, 0.29) is 12.5 Å². The molecule has 0 aliphatic carbocycles. The van der Waals surface area contributed by atoms with Crippen molar-refractivity contribution in [2.45, 2.75) is 13.8 Å². The average Bonchev–Trinajstić information content (AvgIpc) is 2.90. The minimum absolute atomic E-state index is 0.115. The summed E-state index contributed by atoms with van der Waals surface area (Å²) in [5.41, 5.74) is 3.23. The molecule has 0 saturated carbocycles. The number of nitrogens with zero attached hydrogens (tertiary/aromatic N) is 2. The third-order valence-corrected chi connectivity index (χ3v) is 4.66. The Bertz CT molecular complexity index is 941. The van der Waals surface area contributed by atoms with Gasteiger partial charge in [-0.05, 0) is 60.1 Å². The number of aromatic nitrogens is 2. The van der Waals surface area contributed by atoms with Crippen LogP contribution in [-0.4, -0.2) is 22.3 Å². The number of para-hydroxylation sites is 1. The van der Waals surface area contributed by atoms with Gasteiger partial charge in [-0.15, -0.1) is 0 Å². The number of ether oxygens (including phenoxy) is 1. The molecule has 0 aliphatic heterocycles. The second-order valence-corrected chi connectivity index (χ2v) is 7.00. The van der Waals surface area contributed by atoms with Gasteiger partial charge in [0.25, 0.3) is 5.91 Å². The molecule has 7 heteroatoms. The summed E-state index contributed by atoms with van der Waals surface area (Å²) < 4.78 is 8.06. The molecule has 26 heavy (non-hydrogen) atoms. The number of amides is 1. The molecule has 1 heterocycles. The topological polar surface area (TPSA) is 56.2 Å². The quantitative estimate of drug-likeness (QED) is 0.620. The second kappa shape index (κ2) is 7.93. The fourth-order valence-corrected chi connectivity index (χ4v) is 3.35. The molecule has 0 bridgehead atoms. The van der Waals surface area contributed by atoms with Crippen LogP contribution in [0.5, 0.6) is 5.75 Å². The Morgan fingerprint density at radius 3 is 2.65 bits per heavy atom. The molecule has 5 nitrogen and oxygen atoms in total. The van der Waals surface area contributed by atoms with Gasteiger partial charge in [0.05, 0.1) is 27.2 Å². The van der Waals surface area contributed by atoms with Crippen molar-refractivity contribution in [2.75, 3.05) is 11.9 Å². The van der Waals surface area contributed by atoms with Gasteiger partial charge in [-0.3, -0.25) is 4.79 Å². The highest BCUT2D eigenvalue weighted by molar-refractivity contribution is 9.10. The van der Waals surface area contributed by atoms with E-state index in [1.165, 1.54) is 0 Å². The molecule has 134 valence electrons. The van der Waals surface area contributed by atoms with Crippen molar-refractivity contribution in [3.05, 3.63) is 69.4 Å². The SMILES string of the molecule is Cc1nn(-c2ccccc2)c(C)c1NC(=O)COc1ccc(Cl)cc1Br. The van der Waals surface area contributed by atoms with E-state index in [0.717, 1.165) is 17.1 Å². The van der Waals surface area contributed by atoms with Crippen LogP contribution in [-0.2, 0) is 4.79 Å². The lowest BCUT2D eigenvalue weighted by Gasteiger charge is -2.10. The molecule has 2 aromatic carbocycles. The molecule has 3 rings (SSSR count). The maximum absolute atomic E-state index is 12.3. The van der Waals surface area contributed by atoms with Gasteiger partial charge < -0.3 is 10.1 Å². The van der Waals surface area contributed by atoms with Crippen molar-refractivity contribution in [1.82, 2.24) is 9.78 Å². The lowest BCUT2D eigenvalue weighted by atomic mass is 10.3. The third-order valence-electron chi connectivity index (χ3n) is 3.81. The van der Waals surface area contributed by atoms with Crippen LogP contribution >= 0.6 is 27.5 Å². The Hall–Kier alpha value is -2.31. The van der Waals surface area contributed by atoms with Crippen LogP contribution in [0.1, 0.15) is 11.4 Å². The molecule has 1 N–H and O–H groups in total. The first-order chi connectivity index (χ1) is 12.5. The smallest absolute Gasteiger partial charge is 0.262 e. The van der Waals surface area contributed by atoms with Gasteiger partial charge in [-0.25, -0.2) is 4.68 Å². The molecule has 0 aliphatic rings. The van der Waals surface area contributed by atoms with Gasteiger partial charge in [-0.2, -0.15) is 5.10 Å². The third kappa shape index (κ3) is 4.08. The molecule has 0 atom stereocenters. The number of anilines is 1. The first kappa shape index (κ1) is 18.5. The molecule has 1 amide bonds. The summed E-state index contributed by atoms with van der Waals surface area (Å²) in [5.74, 6) is 0.295. The van der Waals surface area contributed by atoms with E-state index in [1.54, 1.807) is 18.2 Å². The summed E-state index contributed by atoms with van der Waals surface area (Å²) in [6.07, 6.45) is 0. The zero-order chi connectivity index (χ0) is 18.7. The van der Waals surface area contributed by atoms with Gasteiger partial charge in [-0.1, -0.05) is 29.8 Å². The van der Waals surface area contributed by atoms with Crippen LogP contribution in [0.25, 0.3) is 5.69 Å². The molecule has 0 spiro atoms. The number of carbonyl (C=O) groups is 1. The Morgan fingerprint density at radius 2 is 1.96 bits per heavy atom. The summed E-state index contributed by atoms with van der Waals surface area (Å²) in [7, 11) is 0. The number of halogens is 2. The highest BCUT2D eigenvalue weighted by Gasteiger charge is 2.15. The maximum atomic E-state index is 12.3. The van der Waals surface area contributed by atoms with Crippen molar-refractivity contribution < 1.29 is 9.53 Å². The van der Waals surface area contributed by atoms with E-state index in [4.69, 9.17) is 16.3 Å². The standard InChI is InChI=1S/C19H17BrClN3O2/c1-12-19(13(2)24(23-12)15-6-4-3-5-7-15)22-18(25)11-26-17-9-8-14(21)10-16(17)20/h3-10H,11H2,1-2H3,(H,22,25). The molecular formula is C19H17BrClN3O2. The molecule has 0 saturated heterocycles. The number of hydrogen-bond acceptors (Lipinski definition) is 3. The Balaban J connectivity index is 1.71. The van der Waals surface area contributed by atoms with E-state index in [9.17, 15) is 4.79 Å². The number of rotatable bonds is 5. The fraction of sp³-hybridized carbons (Fsp3) is 0.158. The molecule has 1 aromatic heterocycles. The first-order valence-corrected chi connectivity index (χ1v) is 9.12. The highest BCUT2D eigenvalue weighted by Crippen LogP contribution is 2.28. The Kier molecular flexibility index (Phi) is 5.64. The number of carbonyl (C=O) groups excluding carboxylic acids is 1. The van der Waals surface area contributed by atoms with E-state index < -0.39 is 0 Å². The van der Waals surface area contributed by atoms with E-state index >= 15 is 0 Å². The van der Waals surface area contributed by atoms with Gasteiger partial charge in [0.1, 0.15) is 5.75 Å². The predicted octanol–water partition coefficient (Wildman–Crippen LogP) is 4.92. The minimum Gasteiger partial charge on any atom is -0.483 e.